The zero-order valence-corrected chi connectivity index (χ0v) is 13.0. The molecule has 0 fully saturated rings. The number of aromatic nitrogens is 1. The summed E-state index contributed by atoms with van der Waals surface area (Å²) in [4.78, 5) is 3.90. The summed E-state index contributed by atoms with van der Waals surface area (Å²) in [5, 5.41) is -0.373. The monoisotopic (exact) mass is 324 g/mol. The number of nitrogens with zero attached hydrogens (tertiary/aromatic N) is 1. The molecule has 1 aromatic heterocycles. The summed E-state index contributed by atoms with van der Waals surface area (Å²) in [5.74, 6) is 0.0371. The highest BCUT2D eigenvalue weighted by atomic mass is 35.5. The van der Waals surface area contributed by atoms with Crippen molar-refractivity contribution < 1.29 is 8.42 Å². The van der Waals surface area contributed by atoms with E-state index in [1.807, 2.05) is 42.5 Å². The lowest BCUT2D eigenvalue weighted by Crippen LogP contribution is -2.30. The normalized spacial score (nSPS) is 13.0. The van der Waals surface area contributed by atoms with Crippen molar-refractivity contribution in [2.24, 2.45) is 0 Å². The summed E-state index contributed by atoms with van der Waals surface area (Å²) in [5.41, 5.74) is 1.84. The van der Waals surface area contributed by atoms with Gasteiger partial charge in [-0.15, -0.1) is 11.6 Å². The number of aryl methyl sites for hydroxylation is 1. The second kappa shape index (κ2) is 7.54. The van der Waals surface area contributed by atoms with Crippen molar-refractivity contribution >= 4 is 21.6 Å². The predicted octanol–water partition coefficient (Wildman–Crippen LogP) is 2.52. The van der Waals surface area contributed by atoms with Gasteiger partial charge in [0.05, 0.1) is 11.1 Å². The number of pyridine rings is 1. The summed E-state index contributed by atoms with van der Waals surface area (Å²) in [7, 11) is -3.34. The molecule has 112 valence electrons. The van der Waals surface area contributed by atoms with Crippen molar-refractivity contribution in [3.8, 4) is 0 Å². The number of alkyl halides is 1. The number of rotatable bonds is 7. The average Bonchev–Trinajstić information content (AvgIpc) is 2.53. The summed E-state index contributed by atoms with van der Waals surface area (Å²) in [6, 6.07) is 13.0. The predicted molar refractivity (Wildman–Crippen MR) is 84.8 cm³/mol. The first-order valence-corrected chi connectivity index (χ1v) is 8.71. The molecule has 21 heavy (non-hydrogen) atoms. The molecule has 0 bridgehead atoms. The SMILES string of the molecule is O=S(=O)(CCc1ccncc1)NCC(Cl)c1ccccc1. The van der Waals surface area contributed by atoms with Gasteiger partial charge in [0.2, 0.25) is 10.0 Å². The van der Waals surface area contributed by atoms with Crippen LogP contribution >= 0.6 is 11.6 Å². The molecular weight excluding hydrogens is 308 g/mol. The summed E-state index contributed by atoms with van der Waals surface area (Å²) < 4.78 is 26.5. The first-order chi connectivity index (χ1) is 10.1. The molecule has 1 aromatic carbocycles. The van der Waals surface area contributed by atoms with E-state index < -0.39 is 10.0 Å². The van der Waals surface area contributed by atoms with E-state index in [9.17, 15) is 8.42 Å². The molecule has 0 amide bonds. The molecule has 0 saturated heterocycles. The Morgan fingerprint density at radius 1 is 1.10 bits per heavy atom. The van der Waals surface area contributed by atoms with Gasteiger partial charge in [-0.05, 0) is 29.7 Å². The molecule has 0 aliphatic heterocycles. The molecular formula is C15H17ClN2O2S. The number of sulfonamides is 1. The quantitative estimate of drug-likeness (QED) is 0.796. The van der Waals surface area contributed by atoms with Crippen LogP contribution in [0.15, 0.2) is 54.9 Å². The van der Waals surface area contributed by atoms with Gasteiger partial charge in [0, 0.05) is 18.9 Å². The van der Waals surface area contributed by atoms with Crippen LogP contribution in [-0.4, -0.2) is 25.7 Å². The Kier molecular flexibility index (Phi) is 5.73. The highest BCUT2D eigenvalue weighted by molar-refractivity contribution is 7.89. The van der Waals surface area contributed by atoms with Crippen molar-refractivity contribution in [2.75, 3.05) is 12.3 Å². The third kappa shape index (κ3) is 5.46. The molecule has 2 aromatic rings. The zero-order valence-electron chi connectivity index (χ0n) is 11.4. The lowest BCUT2D eigenvalue weighted by atomic mass is 10.1. The minimum absolute atomic E-state index is 0.0371. The van der Waals surface area contributed by atoms with E-state index in [0.717, 1.165) is 11.1 Å². The van der Waals surface area contributed by atoms with Crippen molar-refractivity contribution in [2.45, 2.75) is 11.8 Å². The van der Waals surface area contributed by atoms with E-state index in [0.29, 0.717) is 6.42 Å². The molecule has 0 saturated carbocycles. The van der Waals surface area contributed by atoms with Gasteiger partial charge in [-0.25, -0.2) is 13.1 Å². The number of benzene rings is 1. The number of hydrogen-bond acceptors (Lipinski definition) is 3. The Bertz CT molecular complexity index is 648. The Labute approximate surface area is 130 Å². The third-order valence-electron chi connectivity index (χ3n) is 3.05. The summed E-state index contributed by atoms with van der Waals surface area (Å²) in [6.07, 6.45) is 3.76. The van der Waals surface area contributed by atoms with Crippen LogP contribution in [-0.2, 0) is 16.4 Å². The minimum atomic E-state index is -3.34. The van der Waals surface area contributed by atoms with Crippen LogP contribution in [0.25, 0.3) is 0 Å². The van der Waals surface area contributed by atoms with E-state index in [-0.39, 0.29) is 17.7 Å². The fraction of sp³-hybridized carbons (Fsp3) is 0.267. The highest BCUT2D eigenvalue weighted by Crippen LogP contribution is 2.18. The molecule has 2 rings (SSSR count). The van der Waals surface area contributed by atoms with E-state index in [1.54, 1.807) is 12.4 Å². The van der Waals surface area contributed by atoms with Crippen LogP contribution in [0.4, 0.5) is 0 Å². The molecule has 1 heterocycles. The maximum Gasteiger partial charge on any atom is 0.211 e. The largest absolute Gasteiger partial charge is 0.265 e. The van der Waals surface area contributed by atoms with Gasteiger partial charge >= 0.3 is 0 Å². The van der Waals surface area contributed by atoms with E-state index in [2.05, 4.69) is 9.71 Å². The van der Waals surface area contributed by atoms with Crippen LogP contribution in [0.3, 0.4) is 0 Å². The van der Waals surface area contributed by atoms with Gasteiger partial charge in [-0.2, -0.15) is 0 Å². The Hall–Kier alpha value is -1.43. The molecule has 0 radical (unpaired) electrons. The standard InChI is InChI=1S/C15H17ClN2O2S/c16-15(14-4-2-1-3-5-14)12-18-21(19,20)11-8-13-6-9-17-10-7-13/h1-7,9-10,15,18H,8,11-12H2. The van der Waals surface area contributed by atoms with Gasteiger partial charge in [-0.1, -0.05) is 30.3 Å². The van der Waals surface area contributed by atoms with E-state index >= 15 is 0 Å². The lowest BCUT2D eigenvalue weighted by molar-refractivity contribution is 0.580. The Morgan fingerprint density at radius 2 is 1.76 bits per heavy atom. The van der Waals surface area contributed by atoms with Crippen molar-refractivity contribution in [3.63, 3.8) is 0 Å². The van der Waals surface area contributed by atoms with Gasteiger partial charge in [0.25, 0.3) is 0 Å². The van der Waals surface area contributed by atoms with E-state index in [4.69, 9.17) is 11.6 Å². The number of nitrogens with one attached hydrogen (secondary N) is 1. The average molecular weight is 325 g/mol. The molecule has 0 aliphatic rings. The maximum absolute atomic E-state index is 12.0. The number of hydrogen-bond donors (Lipinski definition) is 1. The van der Waals surface area contributed by atoms with Gasteiger partial charge in [0.15, 0.2) is 0 Å². The van der Waals surface area contributed by atoms with Crippen LogP contribution in [0.5, 0.6) is 0 Å². The molecule has 0 spiro atoms. The fourth-order valence-electron chi connectivity index (χ4n) is 1.85. The molecule has 1 atom stereocenters. The van der Waals surface area contributed by atoms with Gasteiger partial charge in [0.1, 0.15) is 0 Å². The Balaban J connectivity index is 1.84. The van der Waals surface area contributed by atoms with Crippen molar-refractivity contribution in [3.05, 3.63) is 66.0 Å². The fourth-order valence-corrected chi connectivity index (χ4v) is 3.24. The molecule has 4 nitrogen and oxygen atoms in total. The summed E-state index contributed by atoms with van der Waals surface area (Å²) >= 11 is 6.19. The Morgan fingerprint density at radius 3 is 2.43 bits per heavy atom. The van der Waals surface area contributed by atoms with Crippen LogP contribution < -0.4 is 4.72 Å². The van der Waals surface area contributed by atoms with Crippen LogP contribution in [0.1, 0.15) is 16.5 Å². The summed E-state index contributed by atoms with van der Waals surface area (Å²) in [6.45, 7) is 0.185. The first kappa shape index (κ1) is 15.9. The molecule has 1 N–H and O–H groups in total. The van der Waals surface area contributed by atoms with Crippen molar-refractivity contribution in [1.82, 2.24) is 9.71 Å². The van der Waals surface area contributed by atoms with Crippen LogP contribution in [0, 0.1) is 0 Å². The van der Waals surface area contributed by atoms with Crippen LogP contribution in [0.2, 0.25) is 0 Å². The van der Waals surface area contributed by atoms with Gasteiger partial charge < -0.3 is 0 Å². The number of halogens is 1. The van der Waals surface area contributed by atoms with Crippen molar-refractivity contribution in [1.29, 1.82) is 0 Å². The zero-order chi connectivity index (χ0) is 15.1. The molecule has 0 aliphatic carbocycles. The highest BCUT2D eigenvalue weighted by Gasteiger charge is 2.14. The van der Waals surface area contributed by atoms with Gasteiger partial charge in [-0.3, -0.25) is 4.98 Å². The smallest absolute Gasteiger partial charge is 0.211 e. The minimum Gasteiger partial charge on any atom is -0.265 e. The second-order valence-electron chi connectivity index (χ2n) is 4.65. The molecule has 1 unspecified atom stereocenters. The first-order valence-electron chi connectivity index (χ1n) is 6.62. The molecule has 6 heteroatoms. The maximum atomic E-state index is 12.0. The second-order valence-corrected chi connectivity index (χ2v) is 7.10. The van der Waals surface area contributed by atoms with E-state index in [1.165, 1.54) is 0 Å². The topological polar surface area (TPSA) is 59.1 Å². The lowest BCUT2D eigenvalue weighted by Gasteiger charge is -2.11. The third-order valence-corrected chi connectivity index (χ3v) is 4.81.